The second-order valence-electron chi connectivity index (χ2n) is 4.84. The predicted molar refractivity (Wildman–Crippen MR) is 77.4 cm³/mol. The lowest BCUT2D eigenvalue weighted by Crippen LogP contribution is -2.24. The molecule has 0 amide bonds. The van der Waals surface area contributed by atoms with Gasteiger partial charge in [0.15, 0.2) is 0 Å². The van der Waals surface area contributed by atoms with Gasteiger partial charge >= 0.3 is 0 Å². The van der Waals surface area contributed by atoms with E-state index < -0.39 is 0 Å². The van der Waals surface area contributed by atoms with E-state index in [0.717, 1.165) is 12.1 Å². The van der Waals surface area contributed by atoms with Crippen LogP contribution in [0.25, 0.3) is 0 Å². The van der Waals surface area contributed by atoms with Gasteiger partial charge in [-0.1, -0.05) is 30.3 Å². The molecule has 2 rings (SSSR count). The van der Waals surface area contributed by atoms with Crippen molar-refractivity contribution < 1.29 is 0 Å². The molecule has 0 radical (unpaired) electrons. The number of nitrogens with one attached hydrogen (secondary N) is 1. The van der Waals surface area contributed by atoms with Crippen molar-refractivity contribution >= 4 is 5.69 Å². The maximum atomic E-state index is 11.9. The Morgan fingerprint density at radius 3 is 2.63 bits per heavy atom. The largest absolute Gasteiger partial charge is 0.381 e. The molecule has 0 bridgehead atoms. The lowest BCUT2D eigenvalue weighted by atomic mass is 10.1. The van der Waals surface area contributed by atoms with Crippen LogP contribution in [0.3, 0.4) is 0 Å². The molecule has 1 aromatic carbocycles. The highest BCUT2D eigenvalue weighted by molar-refractivity contribution is 5.39. The van der Waals surface area contributed by atoms with E-state index in [2.05, 4.69) is 22.5 Å². The Morgan fingerprint density at radius 1 is 1.26 bits per heavy atom. The Morgan fingerprint density at radius 2 is 2.00 bits per heavy atom. The molecule has 19 heavy (non-hydrogen) atoms. The summed E-state index contributed by atoms with van der Waals surface area (Å²) in [6.07, 6.45) is 2.51. The molecule has 4 heteroatoms. The summed E-state index contributed by atoms with van der Waals surface area (Å²) in [7, 11) is 0. The Kier molecular flexibility index (Phi) is 4.34. The van der Waals surface area contributed by atoms with Crippen LogP contribution in [0.15, 0.2) is 47.4 Å². The number of rotatable bonds is 5. The monoisotopic (exact) mass is 257 g/mol. The van der Waals surface area contributed by atoms with Gasteiger partial charge in [-0.05, 0) is 25.8 Å². The lowest BCUT2D eigenvalue weighted by molar-refractivity contribution is 0.578. The van der Waals surface area contributed by atoms with E-state index in [1.165, 1.54) is 10.2 Å². The fourth-order valence-corrected chi connectivity index (χ4v) is 1.89. The molecular formula is C15H19N3O. The van der Waals surface area contributed by atoms with Gasteiger partial charge in [0.1, 0.15) is 0 Å². The second kappa shape index (κ2) is 6.18. The zero-order chi connectivity index (χ0) is 13.7. The van der Waals surface area contributed by atoms with Crippen molar-refractivity contribution in [2.24, 2.45) is 0 Å². The van der Waals surface area contributed by atoms with Gasteiger partial charge in [0.05, 0.1) is 11.9 Å². The minimum absolute atomic E-state index is 0.0680. The first kappa shape index (κ1) is 13.3. The summed E-state index contributed by atoms with van der Waals surface area (Å²) in [5.74, 6) is 0. The SMILES string of the molecule is CC(C)Nc1cnn(CCc2ccccc2)c(=O)c1. The molecule has 0 aliphatic rings. The molecule has 0 saturated carbocycles. The number of hydrogen-bond donors (Lipinski definition) is 1. The smallest absolute Gasteiger partial charge is 0.268 e. The summed E-state index contributed by atoms with van der Waals surface area (Å²) in [6.45, 7) is 4.66. The van der Waals surface area contributed by atoms with Gasteiger partial charge in [-0.3, -0.25) is 4.79 Å². The molecule has 0 aliphatic carbocycles. The molecule has 0 saturated heterocycles. The molecule has 0 aliphatic heterocycles. The molecule has 4 nitrogen and oxygen atoms in total. The summed E-state index contributed by atoms with van der Waals surface area (Å²) < 4.78 is 1.50. The number of aromatic nitrogens is 2. The van der Waals surface area contributed by atoms with Crippen LogP contribution in [-0.2, 0) is 13.0 Å². The van der Waals surface area contributed by atoms with Crippen LogP contribution in [-0.4, -0.2) is 15.8 Å². The summed E-state index contributed by atoms with van der Waals surface area (Å²) in [5, 5.41) is 7.36. The summed E-state index contributed by atoms with van der Waals surface area (Å²) >= 11 is 0. The number of aryl methyl sites for hydroxylation is 2. The highest BCUT2D eigenvalue weighted by Gasteiger charge is 2.01. The lowest BCUT2D eigenvalue weighted by Gasteiger charge is -2.10. The predicted octanol–water partition coefficient (Wildman–Crippen LogP) is 2.31. The van der Waals surface area contributed by atoms with Crippen molar-refractivity contribution in [3.8, 4) is 0 Å². The van der Waals surface area contributed by atoms with Gasteiger partial charge < -0.3 is 5.32 Å². The first-order chi connectivity index (χ1) is 9.15. The van der Waals surface area contributed by atoms with E-state index in [1.807, 2.05) is 32.0 Å². The van der Waals surface area contributed by atoms with Gasteiger partial charge in [-0.15, -0.1) is 0 Å². The Labute approximate surface area is 113 Å². The molecule has 1 N–H and O–H groups in total. The third kappa shape index (κ3) is 3.95. The zero-order valence-corrected chi connectivity index (χ0v) is 11.3. The second-order valence-corrected chi connectivity index (χ2v) is 4.84. The topological polar surface area (TPSA) is 46.9 Å². The Balaban J connectivity index is 2.03. The minimum atomic E-state index is -0.0680. The number of benzene rings is 1. The van der Waals surface area contributed by atoms with E-state index in [4.69, 9.17) is 0 Å². The fourth-order valence-electron chi connectivity index (χ4n) is 1.89. The molecule has 0 unspecified atom stereocenters. The van der Waals surface area contributed by atoms with Gasteiger partial charge in [0, 0.05) is 18.7 Å². The van der Waals surface area contributed by atoms with E-state index in [9.17, 15) is 4.79 Å². The van der Waals surface area contributed by atoms with Crippen molar-refractivity contribution in [3.05, 3.63) is 58.5 Å². The zero-order valence-electron chi connectivity index (χ0n) is 11.3. The van der Waals surface area contributed by atoms with Crippen LogP contribution in [0.1, 0.15) is 19.4 Å². The van der Waals surface area contributed by atoms with Crippen molar-refractivity contribution in [2.75, 3.05) is 5.32 Å². The van der Waals surface area contributed by atoms with Crippen LogP contribution in [0.2, 0.25) is 0 Å². The molecule has 1 heterocycles. The van der Waals surface area contributed by atoms with E-state index in [1.54, 1.807) is 12.3 Å². The average Bonchev–Trinajstić information content (AvgIpc) is 2.38. The van der Waals surface area contributed by atoms with Crippen LogP contribution in [0.4, 0.5) is 5.69 Å². The number of anilines is 1. The maximum absolute atomic E-state index is 11.9. The van der Waals surface area contributed by atoms with Crippen molar-refractivity contribution in [1.29, 1.82) is 0 Å². The molecule has 2 aromatic rings. The van der Waals surface area contributed by atoms with Crippen LogP contribution in [0.5, 0.6) is 0 Å². The van der Waals surface area contributed by atoms with Gasteiger partial charge in [-0.2, -0.15) is 5.10 Å². The quantitative estimate of drug-likeness (QED) is 0.894. The first-order valence-electron chi connectivity index (χ1n) is 6.53. The molecule has 0 fully saturated rings. The highest BCUT2D eigenvalue weighted by atomic mass is 16.1. The standard InChI is InChI=1S/C15H19N3O/c1-12(2)17-14-10-15(19)18(16-11-14)9-8-13-6-4-3-5-7-13/h3-7,10-12,17H,8-9H2,1-2H3. The summed E-state index contributed by atoms with van der Waals surface area (Å²) in [6, 6.07) is 12.0. The highest BCUT2D eigenvalue weighted by Crippen LogP contribution is 2.03. The number of hydrogen-bond acceptors (Lipinski definition) is 3. The molecule has 100 valence electrons. The van der Waals surface area contributed by atoms with E-state index in [-0.39, 0.29) is 5.56 Å². The van der Waals surface area contributed by atoms with Crippen LogP contribution >= 0.6 is 0 Å². The molecular weight excluding hydrogens is 238 g/mol. The summed E-state index contributed by atoms with van der Waals surface area (Å²) in [4.78, 5) is 11.9. The molecule has 1 aromatic heterocycles. The normalized spacial score (nSPS) is 10.7. The van der Waals surface area contributed by atoms with Crippen LogP contribution in [0, 0.1) is 0 Å². The van der Waals surface area contributed by atoms with E-state index >= 15 is 0 Å². The van der Waals surface area contributed by atoms with Crippen LogP contribution < -0.4 is 10.9 Å². The first-order valence-corrected chi connectivity index (χ1v) is 6.53. The molecule has 0 spiro atoms. The third-order valence-electron chi connectivity index (χ3n) is 2.78. The maximum Gasteiger partial charge on any atom is 0.268 e. The fraction of sp³-hybridized carbons (Fsp3) is 0.333. The van der Waals surface area contributed by atoms with Gasteiger partial charge in [0.2, 0.25) is 0 Å². The Hall–Kier alpha value is -2.10. The van der Waals surface area contributed by atoms with Crippen molar-refractivity contribution in [3.63, 3.8) is 0 Å². The minimum Gasteiger partial charge on any atom is -0.381 e. The molecule has 0 atom stereocenters. The van der Waals surface area contributed by atoms with Gasteiger partial charge in [0.25, 0.3) is 5.56 Å². The van der Waals surface area contributed by atoms with Crippen molar-refractivity contribution in [1.82, 2.24) is 9.78 Å². The third-order valence-corrected chi connectivity index (χ3v) is 2.78. The summed E-state index contributed by atoms with van der Waals surface area (Å²) in [5.41, 5.74) is 1.91. The van der Waals surface area contributed by atoms with E-state index in [0.29, 0.717) is 12.6 Å². The van der Waals surface area contributed by atoms with Crippen molar-refractivity contribution in [2.45, 2.75) is 32.9 Å². The number of nitrogens with zero attached hydrogens (tertiary/aromatic N) is 2. The Bertz CT molecular complexity index is 575. The van der Waals surface area contributed by atoms with Gasteiger partial charge in [-0.25, -0.2) is 4.68 Å². The average molecular weight is 257 g/mol.